The number of hydrogen-bond acceptors (Lipinski definition) is 3. The fraction of sp³-hybridized carbons (Fsp3) is 0. The Morgan fingerprint density at radius 2 is 1.64 bits per heavy atom. The largest absolute Gasteiger partial charge is 0.456 e. The number of hydrogen-bond donors (Lipinski definition) is 0. The fourth-order valence-corrected chi connectivity index (χ4v) is 3.42. The predicted molar refractivity (Wildman–Crippen MR) is 100 cm³/mol. The summed E-state index contributed by atoms with van der Waals surface area (Å²) in [6, 6.07) is 20.6. The van der Waals surface area contributed by atoms with E-state index < -0.39 is 5.63 Å². The average Bonchev–Trinajstić information content (AvgIpc) is 3.04. The number of rotatable bonds is 1. The van der Waals surface area contributed by atoms with Crippen molar-refractivity contribution in [1.82, 2.24) is 0 Å². The van der Waals surface area contributed by atoms with Crippen molar-refractivity contribution in [2.75, 3.05) is 0 Å². The van der Waals surface area contributed by atoms with Gasteiger partial charge in [0.25, 0.3) is 0 Å². The molecule has 0 aliphatic carbocycles. The zero-order valence-electron chi connectivity index (χ0n) is 13.0. The van der Waals surface area contributed by atoms with Crippen LogP contribution in [0.25, 0.3) is 44.0 Å². The molecule has 4 heteroatoms. The van der Waals surface area contributed by atoms with Crippen LogP contribution in [0.1, 0.15) is 0 Å². The van der Waals surface area contributed by atoms with Crippen molar-refractivity contribution in [3.8, 4) is 11.3 Å². The first-order valence-corrected chi connectivity index (χ1v) is 8.22. The molecule has 5 rings (SSSR count). The van der Waals surface area contributed by atoms with Gasteiger partial charge >= 0.3 is 5.63 Å². The molecule has 25 heavy (non-hydrogen) atoms. The summed E-state index contributed by atoms with van der Waals surface area (Å²) in [5.74, 6) is 0.616. The van der Waals surface area contributed by atoms with Gasteiger partial charge in [0.15, 0.2) is 0 Å². The Morgan fingerprint density at radius 1 is 0.760 bits per heavy atom. The quantitative estimate of drug-likeness (QED) is 0.275. The molecule has 0 unspecified atom stereocenters. The van der Waals surface area contributed by atoms with Gasteiger partial charge in [-0.1, -0.05) is 41.9 Å². The maximum atomic E-state index is 12.2. The lowest BCUT2D eigenvalue weighted by Gasteiger charge is -2.05. The molecule has 0 aliphatic rings. The van der Waals surface area contributed by atoms with Gasteiger partial charge in [-0.05, 0) is 35.7 Å². The van der Waals surface area contributed by atoms with Crippen LogP contribution in [0.4, 0.5) is 0 Å². The molecule has 0 fully saturated rings. The van der Waals surface area contributed by atoms with Gasteiger partial charge in [0.2, 0.25) is 0 Å². The molecule has 2 aromatic heterocycles. The molecule has 0 radical (unpaired) electrons. The summed E-state index contributed by atoms with van der Waals surface area (Å²) in [7, 11) is 0. The van der Waals surface area contributed by atoms with E-state index in [0.29, 0.717) is 21.9 Å². The first-order valence-electron chi connectivity index (χ1n) is 7.84. The minimum Gasteiger partial charge on any atom is -0.456 e. The molecule has 0 N–H and O–H groups in total. The van der Waals surface area contributed by atoms with E-state index in [-0.39, 0.29) is 0 Å². The van der Waals surface area contributed by atoms with Gasteiger partial charge in [-0.15, -0.1) is 0 Å². The third kappa shape index (κ3) is 2.24. The Bertz CT molecular complexity index is 1330. The van der Waals surface area contributed by atoms with E-state index in [1.54, 1.807) is 6.07 Å². The Hall–Kier alpha value is -3.04. The lowest BCUT2D eigenvalue weighted by molar-refractivity contribution is 0.563. The molecule has 0 atom stereocenters. The van der Waals surface area contributed by atoms with Crippen LogP contribution in [0.5, 0.6) is 0 Å². The van der Waals surface area contributed by atoms with Crippen LogP contribution in [0.2, 0.25) is 5.02 Å². The third-order valence-corrected chi connectivity index (χ3v) is 4.61. The predicted octanol–water partition coefficient (Wildman–Crippen LogP) is 6.01. The van der Waals surface area contributed by atoms with Gasteiger partial charge in [-0.2, -0.15) is 0 Å². The first-order chi connectivity index (χ1) is 12.2. The van der Waals surface area contributed by atoms with Crippen molar-refractivity contribution in [1.29, 1.82) is 0 Å². The lowest BCUT2D eigenvalue weighted by Crippen LogP contribution is -1.98. The minimum absolute atomic E-state index is 0.405. The second kappa shape index (κ2) is 5.23. The van der Waals surface area contributed by atoms with E-state index in [1.807, 2.05) is 54.6 Å². The molecule has 120 valence electrons. The summed E-state index contributed by atoms with van der Waals surface area (Å²) >= 11 is 6.05. The van der Waals surface area contributed by atoms with Crippen molar-refractivity contribution < 1.29 is 8.83 Å². The van der Waals surface area contributed by atoms with E-state index in [9.17, 15) is 4.79 Å². The van der Waals surface area contributed by atoms with Gasteiger partial charge in [-0.3, -0.25) is 0 Å². The molecular formula is C21H11ClO3. The number of benzene rings is 3. The molecule has 0 saturated carbocycles. The Morgan fingerprint density at radius 3 is 2.56 bits per heavy atom. The van der Waals surface area contributed by atoms with Gasteiger partial charge < -0.3 is 8.83 Å². The van der Waals surface area contributed by atoms with Gasteiger partial charge in [0.05, 0.1) is 0 Å². The van der Waals surface area contributed by atoms with Crippen LogP contribution in [0.3, 0.4) is 0 Å². The summed E-state index contributed by atoms with van der Waals surface area (Å²) in [5, 5.41) is 4.29. The minimum atomic E-state index is -0.405. The van der Waals surface area contributed by atoms with Crippen molar-refractivity contribution in [2.45, 2.75) is 0 Å². The van der Waals surface area contributed by atoms with Crippen LogP contribution in [-0.2, 0) is 0 Å². The second-order valence-electron chi connectivity index (χ2n) is 5.94. The van der Waals surface area contributed by atoms with Gasteiger partial charge in [0.1, 0.15) is 16.9 Å². The van der Waals surface area contributed by atoms with Crippen LogP contribution >= 0.6 is 11.6 Å². The molecule has 0 spiro atoms. The molecule has 2 heterocycles. The third-order valence-electron chi connectivity index (χ3n) is 4.38. The van der Waals surface area contributed by atoms with E-state index in [0.717, 1.165) is 27.1 Å². The van der Waals surface area contributed by atoms with E-state index in [4.69, 9.17) is 20.4 Å². The van der Waals surface area contributed by atoms with Crippen LogP contribution in [0.15, 0.2) is 80.4 Å². The molecule has 5 aromatic rings. The van der Waals surface area contributed by atoms with E-state index in [1.165, 1.54) is 6.07 Å². The van der Waals surface area contributed by atoms with Gasteiger partial charge in [0, 0.05) is 32.8 Å². The highest BCUT2D eigenvalue weighted by atomic mass is 35.5. The Balaban J connectivity index is 1.88. The topological polar surface area (TPSA) is 43.4 Å². The van der Waals surface area contributed by atoms with Gasteiger partial charge in [-0.25, -0.2) is 4.79 Å². The number of halogens is 1. The van der Waals surface area contributed by atoms with Crippen LogP contribution in [-0.4, -0.2) is 0 Å². The summed E-state index contributed by atoms with van der Waals surface area (Å²) in [5.41, 5.74) is 1.60. The van der Waals surface area contributed by atoms with E-state index >= 15 is 0 Å². The number of furan rings is 1. The smallest absolute Gasteiger partial charge is 0.336 e. The zero-order valence-corrected chi connectivity index (χ0v) is 13.7. The Kier molecular flexibility index (Phi) is 2.99. The summed E-state index contributed by atoms with van der Waals surface area (Å²) < 4.78 is 11.5. The first kappa shape index (κ1) is 14.3. The zero-order chi connectivity index (χ0) is 17.0. The molecule has 0 bridgehead atoms. The van der Waals surface area contributed by atoms with Crippen molar-refractivity contribution in [2.24, 2.45) is 0 Å². The highest BCUT2D eigenvalue weighted by molar-refractivity contribution is 6.31. The highest BCUT2D eigenvalue weighted by Gasteiger charge is 2.14. The van der Waals surface area contributed by atoms with Crippen molar-refractivity contribution >= 4 is 44.3 Å². The van der Waals surface area contributed by atoms with Crippen molar-refractivity contribution in [3.63, 3.8) is 0 Å². The molecule has 0 aliphatic heterocycles. The number of fused-ring (bicyclic) bond motifs is 4. The summed E-state index contributed by atoms with van der Waals surface area (Å²) in [6.45, 7) is 0. The fourth-order valence-electron chi connectivity index (χ4n) is 3.24. The highest BCUT2D eigenvalue weighted by Crippen LogP contribution is 2.35. The maximum Gasteiger partial charge on any atom is 0.336 e. The van der Waals surface area contributed by atoms with E-state index in [2.05, 4.69) is 0 Å². The second-order valence-corrected chi connectivity index (χ2v) is 6.37. The molecule has 3 aromatic carbocycles. The Labute approximate surface area is 147 Å². The van der Waals surface area contributed by atoms with Crippen LogP contribution < -0.4 is 5.63 Å². The average molecular weight is 347 g/mol. The molecule has 0 saturated heterocycles. The summed E-state index contributed by atoms with van der Waals surface area (Å²) in [6.07, 6.45) is 0. The SMILES string of the molecule is O=c1cc(-c2cc3cc(Cl)ccc3o2)c2ccc3ccccc3c2o1. The van der Waals surface area contributed by atoms with Crippen LogP contribution in [0, 0.1) is 0 Å². The lowest BCUT2D eigenvalue weighted by atomic mass is 10.0. The summed E-state index contributed by atoms with van der Waals surface area (Å²) in [4.78, 5) is 12.2. The monoisotopic (exact) mass is 346 g/mol. The normalized spacial score (nSPS) is 11.6. The van der Waals surface area contributed by atoms with Crippen molar-refractivity contribution in [3.05, 3.63) is 82.2 Å². The molecular weight excluding hydrogens is 336 g/mol. The molecule has 3 nitrogen and oxygen atoms in total. The molecule has 0 amide bonds. The maximum absolute atomic E-state index is 12.2. The standard InChI is InChI=1S/C21H11ClO3/c22-14-6-8-18-13(9-14)10-19(24-18)17-11-20(23)25-21-15-4-2-1-3-12(15)5-7-16(17)21/h1-11H.